The molecule has 2 heterocycles. The summed E-state index contributed by atoms with van der Waals surface area (Å²) in [7, 11) is 1.86. The van der Waals surface area contributed by atoms with Crippen LogP contribution in [-0.2, 0) is 16.0 Å². The number of hydrogen-bond acceptors (Lipinski definition) is 5. The summed E-state index contributed by atoms with van der Waals surface area (Å²) in [6.07, 6.45) is 6.45. The fraction of sp³-hybridized carbons (Fsp3) is 0.344. The molecule has 0 spiro atoms. The highest BCUT2D eigenvalue weighted by Crippen LogP contribution is 2.39. The summed E-state index contributed by atoms with van der Waals surface area (Å²) in [6, 6.07) is 18.5. The number of benzene rings is 3. The van der Waals surface area contributed by atoms with E-state index in [9.17, 15) is 14.4 Å². The van der Waals surface area contributed by atoms with Gasteiger partial charge in [0.15, 0.2) is 6.29 Å². The number of carbonyl (C=O) groups excluding carboxylic acids is 3. The van der Waals surface area contributed by atoms with Gasteiger partial charge >= 0.3 is 0 Å². The standard InChI is InChI=1S/C32H35N3O3/c1-3-22-9-11-29-25(18-22)19-31(33-29)35-15-13-23(14-16-35)27-10-12-30(34(2)26(21-38)7-5-17-36)32-24(20-37)6-4-8-28(27)32/h4,6,8-12,17-21,23,26,33H,3,5,7,13-16H2,1-2H3. The zero-order valence-electron chi connectivity index (χ0n) is 22.2. The normalized spacial score (nSPS) is 15.1. The average Bonchev–Trinajstić information content (AvgIpc) is 3.40. The SMILES string of the molecule is CCc1ccc2[nH]c(N3CCC(c4ccc(N(C)C(C=O)CCC=O)c5c(C=O)cccc45)CC3)cc2c1. The average molecular weight is 510 g/mol. The van der Waals surface area contributed by atoms with Crippen molar-refractivity contribution in [1.29, 1.82) is 0 Å². The van der Waals surface area contributed by atoms with Crippen molar-refractivity contribution in [2.24, 2.45) is 0 Å². The molecule has 6 nitrogen and oxygen atoms in total. The van der Waals surface area contributed by atoms with Gasteiger partial charge in [-0.15, -0.1) is 0 Å². The molecule has 0 amide bonds. The summed E-state index contributed by atoms with van der Waals surface area (Å²) in [5.41, 5.74) is 5.23. The molecule has 0 saturated carbocycles. The number of piperidine rings is 1. The first-order valence-corrected chi connectivity index (χ1v) is 13.6. The first-order valence-electron chi connectivity index (χ1n) is 13.6. The maximum Gasteiger partial charge on any atom is 0.150 e. The second kappa shape index (κ2) is 11.2. The van der Waals surface area contributed by atoms with Gasteiger partial charge in [-0.3, -0.25) is 4.79 Å². The minimum atomic E-state index is -0.429. The minimum absolute atomic E-state index is 0.318. The van der Waals surface area contributed by atoms with E-state index in [0.29, 0.717) is 24.3 Å². The Balaban J connectivity index is 1.42. The van der Waals surface area contributed by atoms with Crippen molar-refractivity contribution >= 4 is 52.0 Å². The van der Waals surface area contributed by atoms with Crippen molar-refractivity contribution < 1.29 is 14.4 Å². The first kappa shape index (κ1) is 25.7. The summed E-state index contributed by atoms with van der Waals surface area (Å²) in [6.45, 7) is 4.08. The summed E-state index contributed by atoms with van der Waals surface area (Å²) in [5.74, 6) is 1.55. The number of aromatic nitrogens is 1. The van der Waals surface area contributed by atoms with E-state index in [0.717, 1.165) is 67.7 Å². The van der Waals surface area contributed by atoms with Crippen LogP contribution in [0.15, 0.2) is 54.6 Å². The molecule has 1 fully saturated rings. The summed E-state index contributed by atoms with van der Waals surface area (Å²) in [5, 5.41) is 3.20. The van der Waals surface area contributed by atoms with Crippen molar-refractivity contribution in [2.75, 3.05) is 29.9 Å². The second-order valence-corrected chi connectivity index (χ2v) is 10.3. The third-order valence-electron chi connectivity index (χ3n) is 8.18. The Bertz CT molecular complexity index is 1470. The van der Waals surface area contributed by atoms with Crippen LogP contribution >= 0.6 is 0 Å². The molecular weight excluding hydrogens is 474 g/mol. The number of aldehydes is 3. The van der Waals surface area contributed by atoms with E-state index in [1.165, 1.54) is 27.8 Å². The van der Waals surface area contributed by atoms with Crippen molar-refractivity contribution in [3.63, 3.8) is 0 Å². The zero-order chi connectivity index (χ0) is 26.6. The van der Waals surface area contributed by atoms with Crippen LogP contribution in [0.4, 0.5) is 11.5 Å². The molecule has 1 aliphatic rings. The first-order chi connectivity index (χ1) is 18.6. The molecule has 0 aliphatic carbocycles. The Morgan fingerprint density at radius 1 is 1.05 bits per heavy atom. The summed E-state index contributed by atoms with van der Waals surface area (Å²) < 4.78 is 0. The molecular formula is C32H35N3O3. The summed E-state index contributed by atoms with van der Waals surface area (Å²) in [4.78, 5) is 42.7. The Labute approximate surface area is 223 Å². The van der Waals surface area contributed by atoms with Crippen molar-refractivity contribution in [3.05, 3.63) is 71.3 Å². The quantitative estimate of drug-likeness (QED) is 0.263. The van der Waals surface area contributed by atoms with Gasteiger partial charge in [0, 0.05) is 54.1 Å². The van der Waals surface area contributed by atoms with Gasteiger partial charge in [-0.1, -0.05) is 37.3 Å². The van der Waals surface area contributed by atoms with Crippen LogP contribution in [0, 0.1) is 0 Å². The van der Waals surface area contributed by atoms with Gasteiger partial charge < -0.3 is 24.4 Å². The van der Waals surface area contributed by atoms with Crippen molar-refractivity contribution in [3.8, 4) is 0 Å². The fourth-order valence-corrected chi connectivity index (χ4v) is 5.95. The second-order valence-electron chi connectivity index (χ2n) is 10.3. The highest BCUT2D eigenvalue weighted by atomic mass is 16.1. The number of nitrogens with one attached hydrogen (secondary N) is 1. The topological polar surface area (TPSA) is 73.5 Å². The number of hydrogen-bond donors (Lipinski definition) is 1. The molecule has 6 heteroatoms. The molecule has 5 rings (SSSR count). The lowest BCUT2D eigenvalue weighted by atomic mass is 9.85. The van der Waals surface area contributed by atoms with Crippen molar-refractivity contribution in [1.82, 2.24) is 4.98 Å². The van der Waals surface area contributed by atoms with Crippen LogP contribution in [-0.4, -0.2) is 50.0 Å². The van der Waals surface area contributed by atoms with Crippen LogP contribution in [0.25, 0.3) is 21.7 Å². The van der Waals surface area contributed by atoms with Crippen LogP contribution < -0.4 is 9.80 Å². The summed E-state index contributed by atoms with van der Waals surface area (Å²) >= 11 is 0. The lowest BCUT2D eigenvalue weighted by Gasteiger charge is -2.34. The number of fused-ring (bicyclic) bond motifs is 2. The van der Waals surface area contributed by atoms with E-state index in [4.69, 9.17) is 0 Å². The molecule has 4 aromatic rings. The van der Waals surface area contributed by atoms with Gasteiger partial charge in [-0.25, -0.2) is 0 Å². The molecule has 196 valence electrons. The molecule has 1 N–H and O–H groups in total. The van der Waals surface area contributed by atoms with Crippen LogP contribution in [0.2, 0.25) is 0 Å². The van der Waals surface area contributed by atoms with Crippen LogP contribution in [0.3, 0.4) is 0 Å². The number of aryl methyl sites for hydroxylation is 1. The van der Waals surface area contributed by atoms with Gasteiger partial charge in [0.2, 0.25) is 0 Å². The van der Waals surface area contributed by atoms with Gasteiger partial charge in [0.25, 0.3) is 0 Å². The van der Waals surface area contributed by atoms with Crippen LogP contribution in [0.1, 0.15) is 60.0 Å². The lowest BCUT2D eigenvalue weighted by Crippen LogP contribution is -2.34. The lowest BCUT2D eigenvalue weighted by molar-refractivity contribution is -0.109. The maximum absolute atomic E-state index is 12.1. The number of likely N-dealkylation sites (N-methyl/N-ethyl adjacent to an activating group) is 1. The maximum atomic E-state index is 12.1. The Hall–Kier alpha value is -3.93. The molecule has 1 aromatic heterocycles. The number of aromatic amines is 1. The number of anilines is 2. The highest BCUT2D eigenvalue weighted by molar-refractivity contribution is 6.07. The van der Waals surface area contributed by atoms with E-state index < -0.39 is 6.04 Å². The number of nitrogens with zero attached hydrogens (tertiary/aromatic N) is 2. The molecule has 0 bridgehead atoms. The predicted octanol–water partition coefficient (Wildman–Crippen LogP) is 6.06. The number of H-pyrrole nitrogens is 1. The van der Waals surface area contributed by atoms with Gasteiger partial charge in [-0.05, 0) is 72.4 Å². The van der Waals surface area contributed by atoms with E-state index in [1.807, 2.05) is 30.1 Å². The Kier molecular flexibility index (Phi) is 7.59. The predicted molar refractivity (Wildman–Crippen MR) is 155 cm³/mol. The molecule has 38 heavy (non-hydrogen) atoms. The third-order valence-corrected chi connectivity index (χ3v) is 8.18. The van der Waals surface area contributed by atoms with E-state index >= 15 is 0 Å². The number of carbonyl (C=O) groups is 3. The molecule has 1 saturated heterocycles. The zero-order valence-corrected chi connectivity index (χ0v) is 22.2. The molecule has 3 aromatic carbocycles. The monoisotopic (exact) mass is 509 g/mol. The van der Waals surface area contributed by atoms with E-state index in [-0.39, 0.29) is 0 Å². The van der Waals surface area contributed by atoms with E-state index in [2.05, 4.69) is 53.2 Å². The smallest absolute Gasteiger partial charge is 0.150 e. The minimum Gasteiger partial charge on any atom is -0.364 e. The number of rotatable bonds is 10. The molecule has 1 unspecified atom stereocenters. The third kappa shape index (κ3) is 4.83. The molecule has 1 aliphatic heterocycles. The Morgan fingerprint density at radius 3 is 2.58 bits per heavy atom. The van der Waals surface area contributed by atoms with Gasteiger partial charge in [0.05, 0.1) is 6.04 Å². The molecule has 1 atom stereocenters. The fourth-order valence-electron chi connectivity index (χ4n) is 5.95. The van der Waals surface area contributed by atoms with Gasteiger partial charge in [0.1, 0.15) is 18.4 Å². The largest absolute Gasteiger partial charge is 0.364 e. The van der Waals surface area contributed by atoms with Crippen molar-refractivity contribution in [2.45, 2.75) is 51.0 Å². The highest BCUT2D eigenvalue weighted by Gasteiger charge is 2.25. The Morgan fingerprint density at radius 2 is 1.87 bits per heavy atom. The van der Waals surface area contributed by atoms with Gasteiger partial charge in [-0.2, -0.15) is 0 Å². The van der Waals surface area contributed by atoms with E-state index in [1.54, 1.807) is 0 Å². The molecule has 0 radical (unpaired) electrons. The van der Waals surface area contributed by atoms with Crippen LogP contribution in [0.5, 0.6) is 0 Å².